The van der Waals surface area contributed by atoms with Crippen molar-refractivity contribution in [1.82, 2.24) is 4.90 Å². The van der Waals surface area contributed by atoms with E-state index in [1.807, 2.05) is 11.8 Å². The normalized spacial score (nSPS) is 14.3. The number of amides is 1. The van der Waals surface area contributed by atoms with E-state index in [9.17, 15) is 17.6 Å². The smallest absolute Gasteiger partial charge is 0.261 e. The molecule has 1 heterocycles. The van der Waals surface area contributed by atoms with Crippen molar-refractivity contribution in [2.24, 2.45) is 0 Å². The fraction of sp³-hybridized carbons (Fsp3) is 0.208. The van der Waals surface area contributed by atoms with Gasteiger partial charge in [-0.05, 0) is 43.3 Å². The van der Waals surface area contributed by atoms with E-state index in [4.69, 9.17) is 0 Å². The summed E-state index contributed by atoms with van der Waals surface area (Å²) in [6.07, 6.45) is 0. The van der Waals surface area contributed by atoms with E-state index >= 15 is 0 Å². The summed E-state index contributed by atoms with van der Waals surface area (Å²) in [6, 6.07) is 19.7. The predicted octanol–water partition coefficient (Wildman–Crippen LogP) is 3.90. The van der Waals surface area contributed by atoms with E-state index in [-0.39, 0.29) is 27.9 Å². The zero-order valence-electron chi connectivity index (χ0n) is 17.7. The Balaban J connectivity index is 1.50. The van der Waals surface area contributed by atoms with Crippen molar-refractivity contribution < 1.29 is 17.6 Å². The van der Waals surface area contributed by atoms with Crippen LogP contribution in [0.15, 0.2) is 77.7 Å². The van der Waals surface area contributed by atoms with Gasteiger partial charge in [0.15, 0.2) is 0 Å². The molecule has 0 radical (unpaired) electrons. The molecule has 0 unspecified atom stereocenters. The summed E-state index contributed by atoms with van der Waals surface area (Å²) in [5.41, 5.74) is 1.98. The lowest BCUT2D eigenvalue weighted by Gasteiger charge is -2.36. The van der Waals surface area contributed by atoms with Crippen LogP contribution in [0.1, 0.15) is 15.9 Å². The van der Waals surface area contributed by atoms with Crippen molar-refractivity contribution in [3.8, 4) is 0 Å². The number of sulfonamides is 1. The third-order valence-corrected chi connectivity index (χ3v) is 6.87. The van der Waals surface area contributed by atoms with Crippen molar-refractivity contribution in [1.29, 1.82) is 0 Å². The zero-order chi connectivity index (χ0) is 22.7. The largest absolute Gasteiger partial charge is 0.366 e. The lowest BCUT2D eigenvalue weighted by molar-refractivity contribution is 0.0747. The second kappa shape index (κ2) is 9.00. The zero-order valence-corrected chi connectivity index (χ0v) is 18.5. The van der Waals surface area contributed by atoms with Gasteiger partial charge in [0.2, 0.25) is 0 Å². The molecule has 0 aliphatic carbocycles. The maximum absolute atomic E-state index is 14.1. The van der Waals surface area contributed by atoms with Gasteiger partial charge in [-0.2, -0.15) is 0 Å². The average molecular weight is 454 g/mol. The predicted molar refractivity (Wildman–Crippen MR) is 123 cm³/mol. The average Bonchev–Trinajstić information content (AvgIpc) is 2.79. The fourth-order valence-electron chi connectivity index (χ4n) is 3.71. The molecule has 1 amide bonds. The van der Waals surface area contributed by atoms with Crippen LogP contribution in [0, 0.1) is 12.7 Å². The number of benzene rings is 3. The minimum Gasteiger partial charge on any atom is -0.366 e. The van der Waals surface area contributed by atoms with Crippen molar-refractivity contribution in [2.75, 3.05) is 35.8 Å². The molecule has 1 fully saturated rings. The molecule has 166 valence electrons. The molecule has 0 saturated carbocycles. The van der Waals surface area contributed by atoms with Gasteiger partial charge in [-0.15, -0.1) is 0 Å². The van der Waals surface area contributed by atoms with Crippen LogP contribution in [0.3, 0.4) is 0 Å². The van der Waals surface area contributed by atoms with Gasteiger partial charge in [0, 0.05) is 26.2 Å². The molecule has 1 N–H and O–H groups in total. The molecule has 4 rings (SSSR count). The molecular formula is C24H24FN3O3S. The standard InChI is InChI=1S/C24H24FN3O3S/c1-18-10-12-19(13-11-18)32(30,31)26-22-8-4-2-6-20(22)24(29)28-16-14-27(15-17-28)23-9-5-3-7-21(23)25/h2-13,26H,14-17H2,1H3. The topological polar surface area (TPSA) is 69.7 Å². The highest BCUT2D eigenvalue weighted by molar-refractivity contribution is 7.92. The molecule has 0 atom stereocenters. The SMILES string of the molecule is Cc1ccc(S(=O)(=O)Nc2ccccc2C(=O)N2CCN(c3ccccc3F)CC2)cc1. The number of para-hydroxylation sites is 2. The van der Waals surface area contributed by atoms with Crippen LogP contribution in [0.5, 0.6) is 0 Å². The number of carbonyl (C=O) groups is 1. The third-order valence-electron chi connectivity index (χ3n) is 5.49. The molecule has 8 heteroatoms. The first-order valence-corrected chi connectivity index (χ1v) is 11.8. The first-order chi connectivity index (χ1) is 15.3. The molecule has 32 heavy (non-hydrogen) atoms. The summed E-state index contributed by atoms with van der Waals surface area (Å²) in [5, 5.41) is 0. The van der Waals surface area contributed by atoms with Crippen molar-refractivity contribution in [3.05, 3.63) is 89.7 Å². The van der Waals surface area contributed by atoms with Crippen LogP contribution in [-0.4, -0.2) is 45.4 Å². The number of hydrogen-bond donors (Lipinski definition) is 1. The Bertz CT molecular complexity index is 1220. The number of hydrogen-bond acceptors (Lipinski definition) is 4. The van der Waals surface area contributed by atoms with Crippen LogP contribution in [-0.2, 0) is 10.0 Å². The third kappa shape index (κ3) is 4.60. The van der Waals surface area contributed by atoms with E-state index in [1.165, 1.54) is 18.2 Å². The van der Waals surface area contributed by atoms with Gasteiger partial charge in [0.25, 0.3) is 15.9 Å². The summed E-state index contributed by atoms with van der Waals surface area (Å²) in [4.78, 5) is 16.9. The quantitative estimate of drug-likeness (QED) is 0.636. The van der Waals surface area contributed by atoms with Crippen molar-refractivity contribution in [2.45, 2.75) is 11.8 Å². The molecule has 1 aliphatic heterocycles. The minimum atomic E-state index is -3.84. The highest BCUT2D eigenvalue weighted by Crippen LogP contribution is 2.24. The van der Waals surface area contributed by atoms with Crippen LogP contribution < -0.4 is 9.62 Å². The van der Waals surface area contributed by atoms with Gasteiger partial charge in [-0.3, -0.25) is 9.52 Å². The lowest BCUT2D eigenvalue weighted by Crippen LogP contribution is -2.49. The number of carbonyl (C=O) groups excluding carboxylic acids is 1. The number of rotatable bonds is 5. The van der Waals surface area contributed by atoms with Gasteiger partial charge < -0.3 is 9.80 Å². The Morgan fingerprint density at radius 2 is 1.50 bits per heavy atom. The van der Waals surface area contributed by atoms with Gasteiger partial charge in [0.1, 0.15) is 5.82 Å². The van der Waals surface area contributed by atoms with Gasteiger partial charge in [0.05, 0.1) is 21.8 Å². The fourth-order valence-corrected chi connectivity index (χ4v) is 4.79. The summed E-state index contributed by atoms with van der Waals surface area (Å²) in [5.74, 6) is -0.552. The molecule has 1 saturated heterocycles. The maximum Gasteiger partial charge on any atom is 0.261 e. The second-order valence-corrected chi connectivity index (χ2v) is 9.38. The Kier molecular flexibility index (Phi) is 6.14. The summed E-state index contributed by atoms with van der Waals surface area (Å²) < 4.78 is 42.3. The van der Waals surface area contributed by atoms with Gasteiger partial charge >= 0.3 is 0 Å². The molecule has 1 aliphatic rings. The number of nitrogens with zero attached hydrogens (tertiary/aromatic N) is 2. The minimum absolute atomic E-state index is 0.129. The van der Waals surface area contributed by atoms with E-state index in [2.05, 4.69) is 4.72 Å². The number of halogens is 1. The molecule has 0 bridgehead atoms. The van der Waals surface area contributed by atoms with E-state index in [0.29, 0.717) is 31.9 Å². The maximum atomic E-state index is 14.1. The van der Waals surface area contributed by atoms with Gasteiger partial charge in [-0.25, -0.2) is 12.8 Å². The number of anilines is 2. The molecule has 6 nitrogen and oxygen atoms in total. The Morgan fingerprint density at radius 1 is 0.875 bits per heavy atom. The lowest BCUT2D eigenvalue weighted by atomic mass is 10.1. The molecule has 3 aromatic rings. The number of piperazine rings is 1. The molecule has 0 aromatic heterocycles. The Morgan fingerprint density at radius 3 is 2.19 bits per heavy atom. The van der Waals surface area contributed by atoms with E-state index < -0.39 is 10.0 Å². The highest BCUT2D eigenvalue weighted by Gasteiger charge is 2.26. The van der Waals surface area contributed by atoms with E-state index in [1.54, 1.807) is 59.5 Å². The number of aryl methyl sites for hydroxylation is 1. The van der Waals surface area contributed by atoms with Crippen molar-refractivity contribution >= 4 is 27.3 Å². The Labute approximate surface area is 187 Å². The summed E-state index contributed by atoms with van der Waals surface area (Å²) in [7, 11) is -3.84. The summed E-state index contributed by atoms with van der Waals surface area (Å²) >= 11 is 0. The van der Waals surface area contributed by atoms with Crippen LogP contribution in [0.4, 0.5) is 15.8 Å². The second-order valence-electron chi connectivity index (χ2n) is 7.69. The van der Waals surface area contributed by atoms with E-state index in [0.717, 1.165) is 5.56 Å². The first kappa shape index (κ1) is 21.8. The molecule has 3 aromatic carbocycles. The van der Waals surface area contributed by atoms with Gasteiger partial charge in [-0.1, -0.05) is 42.0 Å². The van der Waals surface area contributed by atoms with Crippen LogP contribution in [0.2, 0.25) is 0 Å². The number of nitrogens with one attached hydrogen (secondary N) is 1. The Hall–Kier alpha value is -3.39. The molecule has 0 spiro atoms. The first-order valence-electron chi connectivity index (χ1n) is 10.3. The van der Waals surface area contributed by atoms with Crippen molar-refractivity contribution in [3.63, 3.8) is 0 Å². The summed E-state index contributed by atoms with van der Waals surface area (Å²) in [6.45, 7) is 3.68. The highest BCUT2D eigenvalue weighted by atomic mass is 32.2. The monoisotopic (exact) mass is 453 g/mol. The van der Waals surface area contributed by atoms with Crippen LogP contribution in [0.25, 0.3) is 0 Å². The molecular weight excluding hydrogens is 429 g/mol. The van der Waals surface area contributed by atoms with Crippen LogP contribution >= 0.6 is 0 Å².